The molecule has 6 unspecified atom stereocenters. The van der Waals surface area contributed by atoms with Crippen LogP contribution in [0.15, 0.2) is 0 Å². The molecule has 0 aliphatic heterocycles. The van der Waals surface area contributed by atoms with Crippen LogP contribution < -0.4 is 0 Å². The van der Waals surface area contributed by atoms with E-state index in [9.17, 15) is 24.9 Å². The first kappa shape index (κ1) is 28.2. The van der Waals surface area contributed by atoms with Crippen molar-refractivity contribution in [1.29, 1.82) is 0 Å². The molecule has 0 bridgehead atoms. The summed E-state index contributed by atoms with van der Waals surface area (Å²) in [5.41, 5.74) is 0. The molecule has 2 aliphatic rings. The number of hydrogen-bond acceptors (Lipinski definition) is 6. The maximum Gasteiger partial charge on any atom is 0.309 e. The third-order valence-corrected chi connectivity index (χ3v) is 7.18. The van der Waals surface area contributed by atoms with Gasteiger partial charge in [-0.1, -0.05) is 64.7 Å². The molecule has 0 aromatic rings. The van der Waals surface area contributed by atoms with Crippen LogP contribution in [0.25, 0.3) is 0 Å². The van der Waals surface area contributed by atoms with Gasteiger partial charge in [0.05, 0.1) is 36.4 Å². The molecule has 2 aliphatic carbocycles. The zero-order valence-electron chi connectivity index (χ0n) is 20.4. The molecule has 0 radical (unpaired) electrons. The van der Waals surface area contributed by atoms with E-state index in [2.05, 4.69) is 6.92 Å². The molecule has 7 heteroatoms. The van der Waals surface area contributed by atoms with Crippen molar-refractivity contribution in [3.05, 3.63) is 0 Å². The van der Waals surface area contributed by atoms with Crippen molar-refractivity contribution in [2.45, 2.75) is 134 Å². The molecule has 2 rings (SSSR count). The van der Waals surface area contributed by atoms with Crippen LogP contribution in [0, 0.1) is 11.8 Å². The van der Waals surface area contributed by atoms with Gasteiger partial charge in [-0.05, 0) is 32.1 Å². The highest BCUT2D eigenvalue weighted by Gasteiger charge is 2.44. The number of rotatable bonds is 16. The van der Waals surface area contributed by atoms with Gasteiger partial charge in [-0.2, -0.15) is 0 Å². The monoisotopic (exact) mass is 470 g/mol. The second-order valence-corrected chi connectivity index (χ2v) is 10.1. The van der Waals surface area contributed by atoms with E-state index in [1.165, 1.54) is 51.4 Å². The summed E-state index contributed by atoms with van der Waals surface area (Å²) in [5.74, 6) is -2.16. The Morgan fingerprint density at radius 3 is 2.09 bits per heavy atom. The van der Waals surface area contributed by atoms with Crippen LogP contribution in [-0.2, 0) is 19.1 Å². The second kappa shape index (κ2) is 15.8. The van der Waals surface area contributed by atoms with E-state index in [0.29, 0.717) is 38.7 Å². The molecule has 33 heavy (non-hydrogen) atoms. The maximum atomic E-state index is 11.9. The predicted molar refractivity (Wildman–Crippen MR) is 126 cm³/mol. The first-order valence-electron chi connectivity index (χ1n) is 13.3. The van der Waals surface area contributed by atoms with Crippen molar-refractivity contribution >= 4 is 12.3 Å². The van der Waals surface area contributed by atoms with E-state index in [1.807, 2.05) is 0 Å². The molecule has 0 amide bonds. The summed E-state index contributed by atoms with van der Waals surface area (Å²) in [4.78, 5) is 23.0. The van der Waals surface area contributed by atoms with Gasteiger partial charge in [0.2, 0.25) is 0 Å². The number of carboxylic acid groups (broad SMARTS) is 1. The molecular weight excluding hydrogens is 424 g/mol. The summed E-state index contributed by atoms with van der Waals surface area (Å²) in [6, 6.07) is 0. The third kappa shape index (κ3) is 10.4. The number of carbonyl (C=O) groups excluding carboxylic acids is 1. The quantitative estimate of drug-likeness (QED) is 0.228. The van der Waals surface area contributed by atoms with Crippen LogP contribution in [0.2, 0.25) is 0 Å². The van der Waals surface area contributed by atoms with E-state index in [-0.39, 0.29) is 12.0 Å². The van der Waals surface area contributed by atoms with E-state index < -0.39 is 36.3 Å². The Morgan fingerprint density at radius 1 is 0.848 bits per heavy atom. The van der Waals surface area contributed by atoms with Gasteiger partial charge in [-0.15, -0.1) is 0 Å². The van der Waals surface area contributed by atoms with Gasteiger partial charge in [0.15, 0.2) is 0 Å². The Bertz CT molecular complexity index is 555. The number of aliphatic hydroxyl groups excluding tert-OH is 2. The molecule has 0 saturated heterocycles. The predicted octanol–water partition coefficient (Wildman–Crippen LogP) is 4.26. The van der Waals surface area contributed by atoms with Crippen LogP contribution >= 0.6 is 0 Å². The summed E-state index contributed by atoms with van der Waals surface area (Å²) in [5, 5.41) is 30.4. The van der Waals surface area contributed by atoms with E-state index in [1.54, 1.807) is 0 Å². The van der Waals surface area contributed by atoms with E-state index >= 15 is 0 Å². The minimum absolute atomic E-state index is 0.292. The fourth-order valence-corrected chi connectivity index (χ4v) is 5.31. The highest BCUT2D eigenvalue weighted by atomic mass is 16.5. The number of unbranched alkanes of at least 4 members (excludes halogenated alkanes) is 9. The second-order valence-electron chi connectivity index (χ2n) is 10.1. The minimum Gasteiger partial charge on any atom is -0.481 e. The van der Waals surface area contributed by atoms with Gasteiger partial charge in [0, 0.05) is 18.9 Å². The molecular formula is C26H46O7. The molecule has 2 saturated carbocycles. The van der Waals surface area contributed by atoms with Crippen molar-refractivity contribution in [2.75, 3.05) is 6.61 Å². The number of ether oxygens (including phenoxy) is 2. The van der Waals surface area contributed by atoms with Gasteiger partial charge in [0.25, 0.3) is 0 Å². The van der Waals surface area contributed by atoms with Gasteiger partial charge in [-0.3, -0.25) is 4.79 Å². The average molecular weight is 471 g/mol. The Kier molecular flexibility index (Phi) is 13.5. The van der Waals surface area contributed by atoms with Gasteiger partial charge < -0.3 is 29.6 Å². The van der Waals surface area contributed by atoms with Crippen molar-refractivity contribution in [1.82, 2.24) is 0 Å². The molecule has 3 N–H and O–H groups in total. The summed E-state index contributed by atoms with van der Waals surface area (Å²) in [7, 11) is 0. The summed E-state index contributed by atoms with van der Waals surface area (Å²) >= 11 is 0. The molecule has 0 heterocycles. The third-order valence-electron chi connectivity index (χ3n) is 7.18. The van der Waals surface area contributed by atoms with Crippen LogP contribution in [-0.4, -0.2) is 64.7 Å². The first-order valence-corrected chi connectivity index (χ1v) is 13.3. The number of carbonyl (C=O) groups is 2. The molecule has 0 aromatic heterocycles. The number of aliphatic carboxylic acids is 1. The minimum atomic E-state index is -1.01. The largest absolute Gasteiger partial charge is 0.481 e. The molecule has 7 nitrogen and oxygen atoms in total. The molecule has 192 valence electrons. The number of aliphatic hydroxyl groups is 2. The lowest BCUT2D eigenvalue weighted by atomic mass is 9.81. The van der Waals surface area contributed by atoms with Gasteiger partial charge in [0.1, 0.15) is 6.29 Å². The molecule has 7 atom stereocenters. The van der Waals surface area contributed by atoms with Crippen molar-refractivity contribution < 1.29 is 34.4 Å². The number of carboxylic acids is 1. The maximum absolute atomic E-state index is 11.9. The SMILES string of the molecule is CCCCCCCCCCCCOC1CC(O)[C@H](OC2CC(O)CC(C=O)C2)C(C(=O)O)C1. The Labute approximate surface area is 199 Å². The zero-order chi connectivity index (χ0) is 24.1. The topological polar surface area (TPSA) is 113 Å². The van der Waals surface area contributed by atoms with Gasteiger partial charge in [-0.25, -0.2) is 0 Å². The van der Waals surface area contributed by atoms with Crippen LogP contribution in [0.4, 0.5) is 0 Å². The van der Waals surface area contributed by atoms with Gasteiger partial charge >= 0.3 is 5.97 Å². The van der Waals surface area contributed by atoms with Crippen molar-refractivity contribution in [3.8, 4) is 0 Å². The lowest BCUT2D eigenvalue weighted by Crippen LogP contribution is -2.50. The lowest BCUT2D eigenvalue weighted by molar-refractivity contribution is -0.183. The van der Waals surface area contributed by atoms with Crippen molar-refractivity contribution in [3.63, 3.8) is 0 Å². The Morgan fingerprint density at radius 2 is 1.48 bits per heavy atom. The number of hydrogen-bond donors (Lipinski definition) is 3. The summed E-state index contributed by atoms with van der Waals surface area (Å²) in [6.45, 7) is 2.82. The summed E-state index contributed by atoms with van der Waals surface area (Å²) in [6.07, 6.45) is 12.0. The Balaban J connectivity index is 1.67. The van der Waals surface area contributed by atoms with Crippen LogP contribution in [0.3, 0.4) is 0 Å². The number of aldehydes is 1. The van der Waals surface area contributed by atoms with Crippen molar-refractivity contribution in [2.24, 2.45) is 11.8 Å². The molecule has 2 fully saturated rings. The van der Waals surface area contributed by atoms with Crippen LogP contribution in [0.5, 0.6) is 0 Å². The van der Waals surface area contributed by atoms with E-state index in [0.717, 1.165) is 19.1 Å². The summed E-state index contributed by atoms with van der Waals surface area (Å²) < 4.78 is 11.9. The highest BCUT2D eigenvalue weighted by Crippen LogP contribution is 2.34. The highest BCUT2D eigenvalue weighted by molar-refractivity contribution is 5.71. The normalized spacial score (nSPS) is 32.5. The Hall–Kier alpha value is -1.02. The molecule has 0 aromatic carbocycles. The van der Waals surface area contributed by atoms with Crippen LogP contribution in [0.1, 0.15) is 103 Å². The fraction of sp³-hybridized carbons (Fsp3) is 0.923. The fourth-order valence-electron chi connectivity index (χ4n) is 5.31. The smallest absolute Gasteiger partial charge is 0.309 e. The van der Waals surface area contributed by atoms with E-state index in [4.69, 9.17) is 9.47 Å². The standard InChI is InChI=1S/C26H46O7/c1-2-3-4-5-6-7-8-9-10-11-12-32-21-16-23(26(30)31)25(24(29)17-21)33-22-14-19(18-27)13-20(28)15-22/h18-25,28-29H,2-17H2,1H3,(H,30,31)/t19?,20?,21?,22?,23?,24?,25-/m1/s1. The zero-order valence-corrected chi connectivity index (χ0v) is 20.4. The first-order chi connectivity index (χ1) is 15.9. The average Bonchev–Trinajstić information content (AvgIpc) is 2.78. The lowest BCUT2D eigenvalue weighted by Gasteiger charge is -2.40. The molecule has 0 spiro atoms.